The lowest BCUT2D eigenvalue weighted by molar-refractivity contribution is 0.101. The van der Waals surface area contributed by atoms with Gasteiger partial charge in [0, 0.05) is 23.2 Å². The molecular formula is C18H13Cl2N3O3. The molecule has 0 saturated heterocycles. The summed E-state index contributed by atoms with van der Waals surface area (Å²) in [6, 6.07) is 14.3. The van der Waals surface area contributed by atoms with Gasteiger partial charge in [0.1, 0.15) is 11.4 Å². The van der Waals surface area contributed by atoms with Crippen LogP contribution in [0.4, 0.5) is 5.69 Å². The molecule has 0 unspecified atom stereocenters. The summed E-state index contributed by atoms with van der Waals surface area (Å²) < 4.78 is 6.87. The SMILES string of the molecule is Cn1nc(C(=O)Nc2cc(Cl)ccc2Oc2ccc(Cl)cc2)ccc1=O. The largest absolute Gasteiger partial charge is 0.455 e. The molecule has 1 aromatic heterocycles. The predicted octanol–water partition coefficient (Wildman–Crippen LogP) is 4.13. The van der Waals surface area contributed by atoms with Crippen molar-refractivity contribution in [3.05, 3.63) is 80.7 Å². The molecule has 0 spiro atoms. The number of nitrogens with zero attached hydrogens (tertiary/aromatic N) is 2. The molecule has 3 rings (SSSR count). The number of hydrogen-bond donors (Lipinski definition) is 1. The van der Waals surface area contributed by atoms with Gasteiger partial charge in [-0.1, -0.05) is 23.2 Å². The van der Waals surface area contributed by atoms with Crippen molar-refractivity contribution in [2.75, 3.05) is 5.32 Å². The lowest BCUT2D eigenvalue weighted by atomic mass is 10.2. The van der Waals surface area contributed by atoms with Crippen LogP contribution in [0.15, 0.2) is 59.4 Å². The van der Waals surface area contributed by atoms with Gasteiger partial charge in [-0.2, -0.15) is 5.10 Å². The van der Waals surface area contributed by atoms with Gasteiger partial charge in [0.15, 0.2) is 5.75 Å². The van der Waals surface area contributed by atoms with Crippen LogP contribution in [0.25, 0.3) is 0 Å². The number of halogens is 2. The van der Waals surface area contributed by atoms with Crippen molar-refractivity contribution in [1.29, 1.82) is 0 Å². The van der Waals surface area contributed by atoms with Crippen LogP contribution < -0.4 is 15.6 Å². The van der Waals surface area contributed by atoms with E-state index in [0.29, 0.717) is 27.2 Å². The molecule has 0 aliphatic heterocycles. The molecule has 0 atom stereocenters. The molecule has 0 fully saturated rings. The number of amides is 1. The first-order chi connectivity index (χ1) is 12.4. The minimum Gasteiger partial charge on any atom is -0.455 e. The van der Waals surface area contributed by atoms with Crippen molar-refractivity contribution in [1.82, 2.24) is 9.78 Å². The zero-order valence-corrected chi connectivity index (χ0v) is 15.1. The Morgan fingerprint density at radius 3 is 2.42 bits per heavy atom. The van der Waals surface area contributed by atoms with Crippen LogP contribution in [-0.2, 0) is 7.05 Å². The standard InChI is InChI=1S/C18H13Cl2N3O3/c1-23-17(24)9-7-14(22-23)18(25)21-15-10-12(20)4-8-16(15)26-13-5-2-11(19)3-6-13/h2-10H,1H3,(H,21,25). The van der Waals surface area contributed by atoms with Gasteiger partial charge in [-0.15, -0.1) is 0 Å². The fraction of sp³-hybridized carbons (Fsp3) is 0.0556. The molecule has 26 heavy (non-hydrogen) atoms. The molecule has 0 aliphatic carbocycles. The van der Waals surface area contributed by atoms with Crippen molar-refractivity contribution >= 4 is 34.8 Å². The number of nitrogens with one attached hydrogen (secondary N) is 1. The average molecular weight is 390 g/mol. The van der Waals surface area contributed by atoms with Crippen LogP contribution in [-0.4, -0.2) is 15.7 Å². The fourth-order valence-electron chi connectivity index (χ4n) is 2.13. The Balaban J connectivity index is 1.87. The van der Waals surface area contributed by atoms with Crippen molar-refractivity contribution in [2.24, 2.45) is 7.05 Å². The van der Waals surface area contributed by atoms with E-state index in [9.17, 15) is 9.59 Å². The molecule has 0 bridgehead atoms. The van der Waals surface area contributed by atoms with E-state index in [2.05, 4.69) is 10.4 Å². The number of carbonyl (C=O) groups is 1. The second-order valence-electron chi connectivity index (χ2n) is 5.33. The number of ether oxygens (including phenoxy) is 1. The minimum absolute atomic E-state index is 0.0875. The van der Waals surface area contributed by atoms with E-state index in [1.54, 1.807) is 42.5 Å². The molecule has 1 N–H and O–H groups in total. The van der Waals surface area contributed by atoms with Gasteiger partial charge in [-0.3, -0.25) is 9.59 Å². The van der Waals surface area contributed by atoms with Crippen LogP contribution in [0, 0.1) is 0 Å². The summed E-state index contributed by atoms with van der Waals surface area (Å²) in [4.78, 5) is 23.8. The van der Waals surface area contributed by atoms with Gasteiger partial charge in [0.05, 0.1) is 5.69 Å². The van der Waals surface area contributed by atoms with E-state index < -0.39 is 5.91 Å². The summed E-state index contributed by atoms with van der Waals surface area (Å²) in [6.45, 7) is 0. The first kappa shape index (κ1) is 18.0. The smallest absolute Gasteiger partial charge is 0.276 e. The number of aromatic nitrogens is 2. The van der Waals surface area contributed by atoms with E-state index in [4.69, 9.17) is 27.9 Å². The highest BCUT2D eigenvalue weighted by atomic mass is 35.5. The molecule has 2 aromatic carbocycles. The van der Waals surface area contributed by atoms with Crippen LogP contribution in [0.1, 0.15) is 10.5 Å². The molecule has 1 amide bonds. The average Bonchev–Trinajstić information content (AvgIpc) is 2.61. The molecule has 0 saturated carbocycles. The van der Waals surface area contributed by atoms with Crippen LogP contribution in [0.3, 0.4) is 0 Å². The molecule has 0 aliphatic rings. The Hall–Kier alpha value is -2.83. The van der Waals surface area contributed by atoms with E-state index >= 15 is 0 Å². The van der Waals surface area contributed by atoms with Gasteiger partial charge in [0.2, 0.25) is 0 Å². The highest BCUT2D eigenvalue weighted by Crippen LogP contribution is 2.32. The third kappa shape index (κ3) is 4.22. The molecule has 1 heterocycles. The zero-order valence-electron chi connectivity index (χ0n) is 13.6. The molecule has 0 radical (unpaired) electrons. The zero-order chi connectivity index (χ0) is 18.7. The summed E-state index contributed by atoms with van der Waals surface area (Å²) in [5.41, 5.74) is 0.147. The first-order valence-corrected chi connectivity index (χ1v) is 8.26. The topological polar surface area (TPSA) is 73.2 Å². The lowest BCUT2D eigenvalue weighted by Crippen LogP contribution is -2.23. The maximum absolute atomic E-state index is 12.4. The highest BCUT2D eigenvalue weighted by molar-refractivity contribution is 6.31. The van der Waals surface area contributed by atoms with Gasteiger partial charge in [-0.25, -0.2) is 4.68 Å². The third-order valence-electron chi connectivity index (χ3n) is 3.42. The number of hydrogen-bond acceptors (Lipinski definition) is 4. The summed E-state index contributed by atoms with van der Waals surface area (Å²) in [5, 5.41) is 7.63. The lowest BCUT2D eigenvalue weighted by Gasteiger charge is -2.13. The molecule has 3 aromatic rings. The first-order valence-electron chi connectivity index (χ1n) is 7.51. The van der Waals surface area contributed by atoms with Gasteiger partial charge >= 0.3 is 0 Å². The Morgan fingerprint density at radius 1 is 1.04 bits per heavy atom. The minimum atomic E-state index is -0.496. The van der Waals surface area contributed by atoms with Crippen molar-refractivity contribution in [3.63, 3.8) is 0 Å². The quantitative estimate of drug-likeness (QED) is 0.727. The van der Waals surface area contributed by atoms with E-state index in [-0.39, 0.29) is 11.3 Å². The summed E-state index contributed by atoms with van der Waals surface area (Å²) in [5.74, 6) is 0.450. The maximum Gasteiger partial charge on any atom is 0.276 e. The maximum atomic E-state index is 12.4. The van der Waals surface area contributed by atoms with Crippen LogP contribution in [0.5, 0.6) is 11.5 Å². The van der Waals surface area contributed by atoms with E-state index in [1.807, 2.05) is 0 Å². The van der Waals surface area contributed by atoms with Crippen LogP contribution in [0.2, 0.25) is 10.0 Å². The summed E-state index contributed by atoms with van der Waals surface area (Å²) in [7, 11) is 1.47. The summed E-state index contributed by atoms with van der Waals surface area (Å²) in [6.07, 6.45) is 0. The molecule has 8 heteroatoms. The monoisotopic (exact) mass is 389 g/mol. The third-order valence-corrected chi connectivity index (χ3v) is 3.91. The Morgan fingerprint density at radius 2 is 1.73 bits per heavy atom. The van der Waals surface area contributed by atoms with Gasteiger partial charge < -0.3 is 10.1 Å². The highest BCUT2D eigenvalue weighted by Gasteiger charge is 2.13. The van der Waals surface area contributed by atoms with Gasteiger partial charge in [0.25, 0.3) is 11.5 Å². The number of benzene rings is 2. The predicted molar refractivity (Wildman–Crippen MR) is 100 cm³/mol. The van der Waals surface area contributed by atoms with E-state index in [0.717, 1.165) is 4.68 Å². The number of aryl methyl sites for hydroxylation is 1. The molecule has 132 valence electrons. The number of rotatable bonds is 4. The second kappa shape index (κ2) is 7.59. The van der Waals surface area contributed by atoms with Crippen LogP contribution >= 0.6 is 23.2 Å². The number of carbonyl (C=O) groups excluding carboxylic acids is 1. The molecule has 6 nitrogen and oxygen atoms in total. The molecular weight excluding hydrogens is 377 g/mol. The Labute approximate surface area is 158 Å². The Bertz CT molecular complexity index is 1020. The van der Waals surface area contributed by atoms with E-state index in [1.165, 1.54) is 19.2 Å². The number of anilines is 1. The second-order valence-corrected chi connectivity index (χ2v) is 6.20. The van der Waals surface area contributed by atoms with Gasteiger partial charge in [-0.05, 0) is 48.5 Å². The van der Waals surface area contributed by atoms with Crippen molar-refractivity contribution < 1.29 is 9.53 Å². The normalized spacial score (nSPS) is 10.4. The Kier molecular flexibility index (Phi) is 5.25. The summed E-state index contributed by atoms with van der Waals surface area (Å²) >= 11 is 11.9. The van der Waals surface area contributed by atoms with Crippen molar-refractivity contribution in [3.8, 4) is 11.5 Å². The van der Waals surface area contributed by atoms with Crippen molar-refractivity contribution in [2.45, 2.75) is 0 Å². The fourth-order valence-corrected chi connectivity index (χ4v) is 2.43.